The van der Waals surface area contributed by atoms with Crippen LogP contribution in [0.4, 0.5) is 5.69 Å². The second kappa shape index (κ2) is 9.11. The molecule has 0 bridgehead atoms. The fourth-order valence-electron chi connectivity index (χ4n) is 3.76. The summed E-state index contributed by atoms with van der Waals surface area (Å²) < 4.78 is 8.32. The smallest absolute Gasteiger partial charge is 0.345 e. The molecular formula is C19H27N5O4. The van der Waals surface area contributed by atoms with Crippen LogP contribution in [0.3, 0.4) is 0 Å². The molecule has 0 unspecified atom stereocenters. The Kier molecular flexibility index (Phi) is 6.58. The van der Waals surface area contributed by atoms with Gasteiger partial charge >= 0.3 is 5.69 Å². The highest BCUT2D eigenvalue weighted by Gasteiger charge is 2.26. The van der Waals surface area contributed by atoms with Gasteiger partial charge in [0.1, 0.15) is 5.82 Å². The molecule has 1 aromatic carbocycles. The number of nitrogens with zero attached hydrogens (tertiary/aromatic N) is 5. The van der Waals surface area contributed by atoms with Crippen LogP contribution in [0.15, 0.2) is 29.1 Å². The lowest BCUT2D eigenvalue weighted by atomic mass is 9.95. The van der Waals surface area contributed by atoms with Crippen molar-refractivity contribution in [2.75, 3.05) is 26.8 Å². The van der Waals surface area contributed by atoms with Crippen LogP contribution in [0, 0.1) is 10.1 Å². The van der Waals surface area contributed by atoms with Gasteiger partial charge in [0.05, 0.1) is 18.1 Å². The SMILES string of the molecule is CCn1c(C2CCN(Cc3cccc([N+](=O)[O-])c3)CC2)nn(CCOC)c1=O. The van der Waals surface area contributed by atoms with Crippen LogP contribution in [-0.2, 0) is 24.4 Å². The highest BCUT2D eigenvalue weighted by molar-refractivity contribution is 5.34. The average molecular weight is 389 g/mol. The summed E-state index contributed by atoms with van der Waals surface area (Å²) in [5.74, 6) is 1.11. The molecule has 9 heteroatoms. The van der Waals surface area contributed by atoms with E-state index in [-0.39, 0.29) is 22.2 Å². The maximum Gasteiger partial charge on any atom is 0.345 e. The van der Waals surface area contributed by atoms with Crippen molar-refractivity contribution in [2.24, 2.45) is 0 Å². The van der Waals surface area contributed by atoms with E-state index in [0.717, 1.165) is 37.3 Å². The number of methoxy groups -OCH3 is 1. The molecule has 1 aliphatic heterocycles. The number of nitro benzene ring substituents is 1. The summed E-state index contributed by atoms with van der Waals surface area (Å²) in [5.41, 5.74) is 0.997. The Morgan fingerprint density at radius 2 is 2.07 bits per heavy atom. The molecule has 28 heavy (non-hydrogen) atoms. The summed E-state index contributed by atoms with van der Waals surface area (Å²) >= 11 is 0. The maximum absolute atomic E-state index is 12.5. The van der Waals surface area contributed by atoms with Gasteiger partial charge in [-0.3, -0.25) is 19.6 Å². The predicted octanol–water partition coefficient (Wildman–Crippen LogP) is 2.00. The monoisotopic (exact) mass is 389 g/mol. The highest BCUT2D eigenvalue weighted by atomic mass is 16.6. The summed E-state index contributed by atoms with van der Waals surface area (Å²) in [6, 6.07) is 6.80. The molecule has 0 saturated carbocycles. The minimum atomic E-state index is -0.361. The molecular weight excluding hydrogens is 362 g/mol. The van der Waals surface area contributed by atoms with Gasteiger partial charge in [0.2, 0.25) is 0 Å². The number of non-ortho nitro benzene ring substituents is 1. The minimum absolute atomic E-state index is 0.0754. The third-order valence-electron chi connectivity index (χ3n) is 5.26. The highest BCUT2D eigenvalue weighted by Crippen LogP contribution is 2.27. The summed E-state index contributed by atoms with van der Waals surface area (Å²) in [6.07, 6.45) is 1.82. The van der Waals surface area contributed by atoms with Crippen molar-refractivity contribution in [1.82, 2.24) is 19.2 Å². The molecule has 9 nitrogen and oxygen atoms in total. The fourth-order valence-corrected chi connectivity index (χ4v) is 3.76. The Labute approximate surface area is 163 Å². The van der Waals surface area contributed by atoms with Crippen molar-refractivity contribution in [3.63, 3.8) is 0 Å². The Hall–Kier alpha value is -2.52. The first-order valence-electron chi connectivity index (χ1n) is 9.65. The number of ether oxygens (including phenoxy) is 1. The van der Waals surface area contributed by atoms with Gasteiger partial charge < -0.3 is 4.74 Å². The lowest BCUT2D eigenvalue weighted by molar-refractivity contribution is -0.384. The second-order valence-electron chi connectivity index (χ2n) is 7.08. The molecule has 1 aliphatic rings. The average Bonchev–Trinajstić information content (AvgIpc) is 3.02. The predicted molar refractivity (Wildman–Crippen MR) is 104 cm³/mol. The molecule has 0 spiro atoms. The van der Waals surface area contributed by atoms with E-state index < -0.39 is 0 Å². The number of aromatic nitrogens is 3. The first-order chi connectivity index (χ1) is 13.5. The number of benzene rings is 1. The van der Waals surface area contributed by atoms with E-state index >= 15 is 0 Å². The Morgan fingerprint density at radius 3 is 2.71 bits per heavy atom. The molecule has 0 amide bonds. The molecule has 152 valence electrons. The molecule has 1 aromatic heterocycles. The van der Waals surface area contributed by atoms with Crippen molar-refractivity contribution < 1.29 is 9.66 Å². The fraction of sp³-hybridized carbons (Fsp3) is 0.579. The van der Waals surface area contributed by atoms with Crippen LogP contribution in [0.25, 0.3) is 0 Å². The molecule has 0 atom stereocenters. The van der Waals surface area contributed by atoms with Gasteiger partial charge in [0, 0.05) is 38.2 Å². The van der Waals surface area contributed by atoms with Crippen molar-refractivity contribution in [2.45, 2.75) is 45.3 Å². The van der Waals surface area contributed by atoms with Crippen LogP contribution in [0.2, 0.25) is 0 Å². The Morgan fingerprint density at radius 1 is 1.32 bits per heavy atom. The first-order valence-corrected chi connectivity index (χ1v) is 9.65. The Bertz CT molecular complexity index is 867. The van der Waals surface area contributed by atoms with E-state index in [1.165, 1.54) is 10.7 Å². The standard InChI is InChI=1S/C19H27N5O4/c1-3-22-18(20-23(19(22)25)11-12-28-2)16-7-9-21(10-8-16)14-15-5-4-6-17(13-15)24(26)27/h4-6,13,16H,3,7-12,14H2,1-2H3. The topological polar surface area (TPSA) is 95.4 Å². The molecule has 2 heterocycles. The van der Waals surface area contributed by atoms with Gasteiger partial charge in [-0.05, 0) is 38.4 Å². The van der Waals surface area contributed by atoms with Gasteiger partial charge in [0.15, 0.2) is 0 Å². The third kappa shape index (κ3) is 4.48. The summed E-state index contributed by atoms with van der Waals surface area (Å²) in [4.78, 5) is 25.4. The molecule has 0 N–H and O–H groups in total. The lowest BCUT2D eigenvalue weighted by Crippen LogP contribution is -2.33. The summed E-state index contributed by atoms with van der Waals surface area (Å²) in [7, 11) is 1.61. The van der Waals surface area contributed by atoms with E-state index in [1.54, 1.807) is 23.8 Å². The quantitative estimate of drug-likeness (QED) is 0.506. The molecule has 0 aliphatic carbocycles. The number of nitro groups is 1. The summed E-state index contributed by atoms with van der Waals surface area (Å²) in [5, 5.41) is 15.5. The van der Waals surface area contributed by atoms with E-state index in [9.17, 15) is 14.9 Å². The van der Waals surface area contributed by atoms with Gasteiger partial charge in [-0.2, -0.15) is 5.10 Å². The van der Waals surface area contributed by atoms with E-state index in [1.807, 2.05) is 13.0 Å². The van der Waals surface area contributed by atoms with Gasteiger partial charge in [-0.1, -0.05) is 12.1 Å². The van der Waals surface area contributed by atoms with Crippen molar-refractivity contribution in [1.29, 1.82) is 0 Å². The first kappa shape index (κ1) is 20.2. The second-order valence-corrected chi connectivity index (χ2v) is 7.08. The van der Waals surface area contributed by atoms with Crippen molar-refractivity contribution >= 4 is 5.69 Å². The number of likely N-dealkylation sites (tertiary alicyclic amines) is 1. The minimum Gasteiger partial charge on any atom is -0.383 e. The van der Waals surface area contributed by atoms with Gasteiger partial charge in [0.25, 0.3) is 5.69 Å². The molecule has 1 saturated heterocycles. The molecule has 1 fully saturated rings. The molecule has 0 radical (unpaired) electrons. The van der Waals surface area contributed by atoms with Crippen LogP contribution >= 0.6 is 0 Å². The van der Waals surface area contributed by atoms with Crippen LogP contribution in [0.5, 0.6) is 0 Å². The number of piperidine rings is 1. The lowest BCUT2D eigenvalue weighted by Gasteiger charge is -2.31. The zero-order chi connectivity index (χ0) is 20.1. The van der Waals surface area contributed by atoms with Gasteiger partial charge in [-0.25, -0.2) is 9.48 Å². The summed E-state index contributed by atoms with van der Waals surface area (Å²) in [6.45, 7) is 5.92. The number of hydrogen-bond donors (Lipinski definition) is 0. The van der Waals surface area contributed by atoms with Crippen LogP contribution < -0.4 is 5.69 Å². The Balaban J connectivity index is 1.65. The molecule has 2 aromatic rings. The number of hydrogen-bond acceptors (Lipinski definition) is 6. The zero-order valence-corrected chi connectivity index (χ0v) is 16.4. The van der Waals surface area contributed by atoms with Crippen molar-refractivity contribution in [3.05, 3.63) is 56.3 Å². The zero-order valence-electron chi connectivity index (χ0n) is 16.4. The van der Waals surface area contributed by atoms with Gasteiger partial charge in [-0.15, -0.1) is 0 Å². The largest absolute Gasteiger partial charge is 0.383 e. The van der Waals surface area contributed by atoms with E-state index in [0.29, 0.717) is 26.2 Å². The maximum atomic E-state index is 12.5. The normalized spacial score (nSPS) is 15.8. The van der Waals surface area contributed by atoms with Crippen LogP contribution in [0.1, 0.15) is 37.1 Å². The molecule has 3 rings (SSSR count). The number of rotatable bonds is 8. The van der Waals surface area contributed by atoms with E-state index in [4.69, 9.17) is 4.74 Å². The third-order valence-corrected chi connectivity index (χ3v) is 5.26. The van der Waals surface area contributed by atoms with Crippen LogP contribution in [-0.4, -0.2) is 51.0 Å². The van der Waals surface area contributed by atoms with E-state index in [2.05, 4.69) is 10.00 Å². The van der Waals surface area contributed by atoms with Crippen molar-refractivity contribution in [3.8, 4) is 0 Å².